The third-order valence-corrected chi connectivity index (χ3v) is 8.06. The first-order valence-corrected chi connectivity index (χ1v) is 15.7. The molecule has 44 heavy (non-hydrogen) atoms. The van der Waals surface area contributed by atoms with Gasteiger partial charge in [0.1, 0.15) is 17.5 Å². The molecule has 0 spiro atoms. The van der Waals surface area contributed by atoms with Crippen LogP contribution in [0, 0.1) is 5.82 Å². The highest BCUT2D eigenvalue weighted by atomic mass is 35.5. The smallest absolute Gasteiger partial charge is 0.408 e. The van der Waals surface area contributed by atoms with Crippen molar-refractivity contribution in [2.45, 2.75) is 64.8 Å². The SMILES string of the molecule is CC(Cc1ccccc1N1CCN(C(=O)C(Cc2ccc(Cl)cc2Cl)NC(=O)OC(C)(C)C)CC1)NCc1ccccc1F. The van der Waals surface area contributed by atoms with Gasteiger partial charge in [-0.15, -0.1) is 0 Å². The molecular weight excluding hydrogens is 602 g/mol. The zero-order valence-electron chi connectivity index (χ0n) is 25.7. The summed E-state index contributed by atoms with van der Waals surface area (Å²) in [5, 5.41) is 7.13. The maximum Gasteiger partial charge on any atom is 0.408 e. The number of alkyl carbamates (subject to hydrolysis) is 1. The van der Waals surface area contributed by atoms with Gasteiger partial charge < -0.3 is 25.2 Å². The van der Waals surface area contributed by atoms with E-state index in [0.717, 1.165) is 12.1 Å². The van der Waals surface area contributed by atoms with E-state index in [0.29, 0.717) is 53.9 Å². The Bertz CT molecular complexity index is 1440. The van der Waals surface area contributed by atoms with Crippen molar-refractivity contribution in [3.8, 4) is 0 Å². The summed E-state index contributed by atoms with van der Waals surface area (Å²) < 4.78 is 19.5. The number of nitrogens with zero attached hydrogens (tertiary/aromatic N) is 2. The van der Waals surface area contributed by atoms with E-state index in [-0.39, 0.29) is 24.2 Å². The molecule has 1 fully saturated rings. The Labute approximate surface area is 269 Å². The van der Waals surface area contributed by atoms with E-state index in [1.165, 1.54) is 11.6 Å². The van der Waals surface area contributed by atoms with Crippen molar-refractivity contribution >= 4 is 40.9 Å². The molecule has 3 aromatic rings. The Morgan fingerprint density at radius 1 is 0.909 bits per heavy atom. The van der Waals surface area contributed by atoms with Gasteiger partial charge in [0, 0.05) is 66.5 Å². The molecule has 1 saturated heterocycles. The lowest BCUT2D eigenvalue weighted by Crippen LogP contribution is -2.56. The Hall–Kier alpha value is -3.33. The monoisotopic (exact) mass is 642 g/mol. The lowest BCUT2D eigenvalue weighted by atomic mass is 10.0. The van der Waals surface area contributed by atoms with Crippen molar-refractivity contribution in [3.05, 3.63) is 99.3 Å². The quantitative estimate of drug-likeness (QED) is 0.259. The van der Waals surface area contributed by atoms with E-state index in [9.17, 15) is 14.0 Å². The Morgan fingerprint density at radius 3 is 2.23 bits per heavy atom. The molecule has 1 heterocycles. The molecule has 10 heteroatoms. The predicted octanol–water partition coefficient (Wildman–Crippen LogP) is 6.64. The van der Waals surface area contributed by atoms with Crippen molar-refractivity contribution in [2.75, 3.05) is 31.1 Å². The first-order chi connectivity index (χ1) is 20.9. The first kappa shape index (κ1) is 33.6. The van der Waals surface area contributed by atoms with Gasteiger partial charge in [-0.1, -0.05) is 65.7 Å². The molecule has 2 N–H and O–H groups in total. The van der Waals surface area contributed by atoms with Crippen LogP contribution in [0.5, 0.6) is 0 Å². The fourth-order valence-corrected chi connectivity index (χ4v) is 5.75. The summed E-state index contributed by atoms with van der Waals surface area (Å²) in [6.45, 7) is 10.1. The van der Waals surface area contributed by atoms with E-state index in [4.69, 9.17) is 27.9 Å². The lowest BCUT2D eigenvalue weighted by Gasteiger charge is -2.38. The average molecular weight is 644 g/mol. The maximum absolute atomic E-state index is 14.1. The number of benzene rings is 3. The van der Waals surface area contributed by atoms with Crippen LogP contribution in [0.2, 0.25) is 10.0 Å². The van der Waals surface area contributed by atoms with Gasteiger partial charge in [0.2, 0.25) is 5.91 Å². The minimum atomic E-state index is -0.858. The molecule has 2 unspecified atom stereocenters. The summed E-state index contributed by atoms with van der Waals surface area (Å²) in [7, 11) is 0. The van der Waals surface area contributed by atoms with E-state index in [1.807, 2.05) is 18.2 Å². The molecule has 236 valence electrons. The second-order valence-electron chi connectivity index (χ2n) is 12.2. The molecule has 2 atom stereocenters. The van der Waals surface area contributed by atoms with Gasteiger partial charge >= 0.3 is 6.09 Å². The maximum atomic E-state index is 14.1. The number of piperazine rings is 1. The Balaban J connectivity index is 1.40. The molecule has 3 aromatic carbocycles. The Kier molecular flexibility index (Phi) is 11.5. The van der Waals surface area contributed by atoms with Crippen molar-refractivity contribution in [3.63, 3.8) is 0 Å². The van der Waals surface area contributed by atoms with E-state index in [1.54, 1.807) is 56.0 Å². The molecule has 0 aromatic heterocycles. The van der Waals surface area contributed by atoms with Crippen molar-refractivity contribution < 1.29 is 18.7 Å². The molecule has 0 aliphatic carbocycles. The largest absolute Gasteiger partial charge is 0.444 e. The number of nitrogens with one attached hydrogen (secondary N) is 2. The van der Waals surface area contributed by atoms with Crippen LogP contribution in [0.25, 0.3) is 0 Å². The molecule has 0 radical (unpaired) electrons. The van der Waals surface area contributed by atoms with Crippen LogP contribution in [0.1, 0.15) is 44.4 Å². The van der Waals surface area contributed by atoms with Gasteiger partial charge in [-0.2, -0.15) is 0 Å². The fraction of sp³-hybridized carbons (Fsp3) is 0.412. The van der Waals surface area contributed by atoms with Crippen LogP contribution in [0.3, 0.4) is 0 Å². The van der Waals surface area contributed by atoms with Crippen LogP contribution >= 0.6 is 23.2 Å². The van der Waals surface area contributed by atoms with Crippen LogP contribution in [0.4, 0.5) is 14.9 Å². The summed E-state index contributed by atoms with van der Waals surface area (Å²) in [6.07, 6.45) is 0.314. The number of hydrogen-bond donors (Lipinski definition) is 2. The van der Waals surface area contributed by atoms with Crippen LogP contribution in [0.15, 0.2) is 66.7 Å². The molecule has 0 bridgehead atoms. The number of amides is 2. The summed E-state index contributed by atoms with van der Waals surface area (Å²) in [5.41, 5.74) is 2.94. The third-order valence-electron chi connectivity index (χ3n) is 7.48. The molecule has 1 aliphatic rings. The summed E-state index contributed by atoms with van der Waals surface area (Å²) in [4.78, 5) is 30.6. The van der Waals surface area contributed by atoms with Crippen LogP contribution in [-0.4, -0.2) is 60.8 Å². The zero-order valence-corrected chi connectivity index (χ0v) is 27.2. The number of rotatable bonds is 10. The van der Waals surface area contributed by atoms with Gasteiger partial charge in [-0.25, -0.2) is 9.18 Å². The van der Waals surface area contributed by atoms with E-state index in [2.05, 4.69) is 34.6 Å². The Morgan fingerprint density at radius 2 is 1.57 bits per heavy atom. The topological polar surface area (TPSA) is 73.9 Å². The second-order valence-corrected chi connectivity index (χ2v) is 13.0. The standard InChI is InChI=1S/C34H41Cl2FN4O3/c1-23(38-22-26-10-5-7-11-29(26)37)19-25-9-6-8-12-31(25)40-15-17-41(18-16-40)32(42)30(39-33(43)44-34(2,3)4)20-24-13-14-27(35)21-28(24)36/h5-14,21,23,30,38H,15-20,22H2,1-4H3,(H,39,43). The van der Waals surface area contributed by atoms with E-state index >= 15 is 0 Å². The van der Waals surface area contributed by atoms with E-state index < -0.39 is 17.7 Å². The highest BCUT2D eigenvalue weighted by Crippen LogP contribution is 2.25. The molecule has 7 nitrogen and oxygen atoms in total. The second kappa shape index (κ2) is 15.1. The number of anilines is 1. The van der Waals surface area contributed by atoms with Crippen molar-refractivity contribution in [1.82, 2.24) is 15.5 Å². The number of para-hydroxylation sites is 1. The first-order valence-electron chi connectivity index (χ1n) is 14.9. The molecule has 2 amide bonds. The van der Waals surface area contributed by atoms with Crippen LogP contribution < -0.4 is 15.5 Å². The predicted molar refractivity (Wildman–Crippen MR) is 175 cm³/mol. The molecule has 0 saturated carbocycles. The number of carbonyl (C=O) groups excluding carboxylic acids is 2. The minimum absolute atomic E-state index is 0.123. The number of hydrogen-bond acceptors (Lipinski definition) is 5. The fourth-order valence-electron chi connectivity index (χ4n) is 5.27. The van der Waals surface area contributed by atoms with Gasteiger partial charge in [0.05, 0.1) is 0 Å². The normalized spacial score (nSPS) is 15.1. The average Bonchev–Trinajstić information content (AvgIpc) is 2.97. The number of ether oxygens (including phenoxy) is 1. The highest BCUT2D eigenvalue weighted by molar-refractivity contribution is 6.35. The van der Waals surface area contributed by atoms with Gasteiger partial charge in [0.25, 0.3) is 0 Å². The molecule has 1 aliphatic heterocycles. The number of halogens is 3. The molecular formula is C34H41Cl2FN4O3. The third kappa shape index (κ3) is 9.58. The van der Waals surface area contributed by atoms with Gasteiger partial charge in [-0.3, -0.25) is 4.79 Å². The summed E-state index contributed by atoms with van der Waals surface area (Å²) >= 11 is 12.5. The zero-order chi connectivity index (χ0) is 31.9. The minimum Gasteiger partial charge on any atom is -0.444 e. The summed E-state index contributed by atoms with van der Waals surface area (Å²) in [6, 6.07) is 19.4. The van der Waals surface area contributed by atoms with Crippen molar-refractivity contribution in [1.29, 1.82) is 0 Å². The van der Waals surface area contributed by atoms with Crippen LogP contribution in [-0.2, 0) is 28.9 Å². The summed E-state index contributed by atoms with van der Waals surface area (Å²) in [5.74, 6) is -0.402. The highest BCUT2D eigenvalue weighted by Gasteiger charge is 2.31. The number of carbonyl (C=O) groups is 2. The molecule has 4 rings (SSSR count). The van der Waals surface area contributed by atoms with Gasteiger partial charge in [0.15, 0.2) is 0 Å². The lowest BCUT2D eigenvalue weighted by molar-refractivity contribution is -0.133. The van der Waals surface area contributed by atoms with Gasteiger partial charge in [-0.05, 0) is 69.5 Å². The van der Waals surface area contributed by atoms with Crippen molar-refractivity contribution in [2.24, 2.45) is 0 Å².